The van der Waals surface area contributed by atoms with E-state index in [9.17, 15) is 13.2 Å². The van der Waals surface area contributed by atoms with Crippen molar-refractivity contribution in [2.45, 2.75) is 12.4 Å². The molecule has 0 atom stereocenters. The average molecular weight is 478 g/mol. The van der Waals surface area contributed by atoms with Gasteiger partial charge in [-0.05, 0) is 42.0 Å². The Labute approximate surface area is 189 Å². The third-order valence-electron chi connectivity index (χ3n) is 3.98. The van der Waals surface area contributed by atoms with Crippen LogP contribution in [-0.4, -0.2) is 25.9 Å². The zero-order valence-electron chi connectivity index (χ0n) is 16.4. The number of carbonyl (C=O) groups is 1. The molecule has 31 heavy (non-hydrogen) atoms. The number of nitrogens with zero attached hydrogens (tertiary/aromatic N) is 1. The van der Waals surface area contributed by atoms with E-state index < -0.39 is 10.0 Å². The van der Waals surface area contributed by atoms with Crippen LogP contribution < -0.4 is 14.8 Å². The van der Waals surface area contributed by atoms with Crippen LogP contribution in [0.2, 0.25) is 5.02 Å². The molecule has 0 aliphatic heterocycles. The molecular weight excluding hydrogens is 458 g/mol. The standard InChI is InChI=1S/C21H20ClN3O4S2/c1-2-11-23-31(27,28)14-15-3-7-17(8-4-15)24-21(26)19-13-30-20(25-19)12-29-18-9-5-16(22)6-10-18/h2-10,13,23H,1,11-12,14H2,(H,24,26). The predicted octanol–water partition coefficient (Wildman–Crippen LogP) is 4.23. The molecule has 0 radical (unpaired) electrons. The van der Waals surface area contributed by atoms with Crippen LogP contribution in [-0.2, 0) is 22.4 Å². The molecule has 3 aromatic rings. The van der Waals surface area contributed by atoms with Gasteiger partial charge in [-0.3, -0.25) is 4.79 Å². The van der Waals surface area contributed by atoms with Gasteiger partial charge < -0.3 is 10.1 Å². The van der Waals surface area contributed by atoms with E-state index in [0.717, 1.165) is 0 Å². The summed E-state index contributed by atoms with van der Waals surface area (Å²) in [6.45, 7) is 3.90. The van der Waals surface area contributed by atoms with Gasteiger partial charge in [0, 0.05) is 22.6 Å². The van der Waals surface area contributed by atoms with Crippen molar-refractivity contribution in [3.05, 3.63) is 87.9 Å². The minimum atomic E-state index is -3.44. The van der Waals surface area contributed by atoms with Crippen molar-refractivity contribution in [3.63, 3.8) is 0 Å². The summed E-state index contributed by atoms with van der Waals surface area (Å²) >= 11 is 7.17. The maximum absolute atomic E-state index is 12.4. The van der Waals surface area contributed by atoms with Crippen molar-refractivity contribution in [3.8, 4) is 5.75 Å². The van der Waals surface area contributed by atoms with E-state index in [1.807, 2.05) is 0 Å². The molecule has 7 nitrogen and oxygen atoms in total. The van der Waals surface area contributed by atoms with E-state index in [1.54, 1.807) is 53.9 Å². The number of aromatic nitrogens is 1. The highest BCUT2D eigenvalue weighted by Crippen LogP contribution is 2.19. The van der Waals surface area contributed by atoms with Crippen molar-refractivity contribution in [1.82, 2.24) is 9.71 Å². The van der Waals surface area contributed by atoms with Gasteiger partial charge in [0.05, 0.1) is 5.75 Å². The molecule has 10 heteroatoms. The van der Waals surface area contributed by atoms with Crippen LogP contribution in [0.1, 0.15) is 21.1 Å². The summed E-state index contributed by atoms with van der Waals surface area (Å²) in [5.74, 6) is 0.146. The second-order valence-electron chi connectivity index (χ2n) is 6.42. The molecule has 162 valence electrons. The Kier molecular flexibility index (Phi) is 7.80. The normalized spacial score (nSPS) is 11.1. The minimum absolute atomic E-state index is 0.155. The molecule has 0 saturated carbocycles. The summed E-state index contributed by atoms with van der Waals surface area (Å²) < 4.78 is 31.9. The maximum Gasteiger partial charge on any atom is 0.275 e. The first kappa shape index (κ1) is 23.0. The summed E-state index contributed by atoms with van der Waals surface area (Å²) in [6.07, 6.45) is 1.48. The number of carbonyl (C=O) groups excluding carboxylic acids is 1. The SMILES string of the molecule is C=CCNS(=O)(=O)Cc1ccc(NC(=O)c2csc(COc3ccc(Cl)cc3)n2)cc1. The molecule has 2 N–H and O–H groups in total. The first-order valence-corrected chi connectivity index (χ1v) is 12.1. The predicted molar refractivity (Wildman–Crippen MR) is 123 cm³/mol. The Bertz CT molecular complexity index is 1140. The van der Waals surface area contributed by atoms with E-state index in [0.29, 0.717) is 27.0 Å². The number of anilines is 1. The number of halogens is 1. The number of ether oxygens (including phenoxy) is 1. The molecule has 1 aromatic heterocycles. The summed E-state index contributed by atoms with van der Waals surface area (Å²) in [7, 11) is -3.44. The van der Waals surface area contributed by atoms with Gasteiger partial charge in [-0.1, -0.05) is 29.8 Å². The fourth-order valence-corrected chi connectivity index (χ4v) is 4.41. The molecule has 0 aliphatic carbocycles. The Balaban J connectivity index is 1.54. The summed E-state index contributed by atoms with van der Waals surface area (Å²) in [4.78, 5) is 16.7. The summed E-state index contributed by atoms with van der Waals surface area (Å²) in [5.41, 5.74) is 1.42. The van der Waals surface area contributed by atoms with Crippen molar-refractivity contribution in [2.24, 2.45) is 0 Å². The third kappa shape index (κ3) is 7.18. The van der Waals surface area contributed by atoms with Crippen molar-refractivity contribution in [2.75, 3.05) is 11.9 Å². The van der Waals surface area contributed by atoms with Crippen LogP contribution in [0, 0.1) is 0 Å². The van der Waals surface area contributed by atoms with Gasteiger partial charge >= 0.3 is 0 Å². The number of hydrogen-bond acceptors (Lipinski definition) is 6. The lowest BCUT2D eigenvalue weighted by Gasteiger charge is -2.07. The van der Waals surface area contributed by atoms with Crippen LogP contribution in [0.4, 0.5) is 5.69 Å². The number of hydrogen-bond donors (Lipinski definition) is 2. The number of amides is 1. The van der Waals surface area contributed by atoms with Gasteiger partial charge in [0.15, 0.2) is 0 Å². The van der Waals surface area contributed by atoms with Crippen LogP contribution >= 0.6 is 22.9 Å². The molecule has 0 aliphatic rings. The Hall–Kier alpha value is -2.72. The fourth-order valence-electron chi connectivity index (χ4n) is 2.49. The molecule has 1 heterocycles. The Morgan fingerprint density at radius 2 is 1.87 bits per heavy atom. The molecule has 0 spiro atoms. The third-order valence-corrected chi connectivity index (χ3v) is 6.37. The monoisotopic (exact) mass is 477 g/mol. The average Bonchev–Trinajstić information content (AvgIpc) is 3.22. The van der Waals surface area contributed by atoms with E-state index in [1.165, 1.54) is 17.4 Å². The number of thiazole rings is 1. The van der Waals surface area contributed by atoms with Crippen LogP contribution in [0.25, 0.3) is 0 Å². The first-order valence-electron chi connectivity index (χ1n) is 9.16. The fraction of sp³-hybridized carbons (Fsp3) is 0.143. The lowest BCUT2D eigenvalue weighted by Crippen LogP contribution is -2.25. The molecule has 2 aromatic carbocycles. The zero-order chi connectivity index (χ0) is 22.3. The topological polar surface area (TPSA) is 97.4 Å². The van der Waals surface area contributed by atoms with Crippen LogP contribution in [0.5, 0.6) is 5.75 Å². The van der Waals surface area contributed by atoms with Gasteiger partial charge in [-0.2, -0.15) is 0 Å². The molecule has 3 rings (SSSR count). The second-order valence-corrected chi connectivity index (χ2v) is 9.60. The van der Waals surface area contributed by atoms with Gasteiger partial charge in [-0.25, -0.2) is 18.1 Å². The largest absolute Gasteiger partial charge is 0.486 e. The van der Waals surface area contributed by atoms with Gasteiger partial charge in [-0.15, -0.1) is 17.9 Å². The molecular formula is C21H20ClN3O4S2. The highest BCUT2D eigenvalue weighted by molar-refractivity contribution is 7.88. The molecule has 0 unspecified atom stereocenters. The highest BCUT2D eigenvalue weighted by Gasteiger charge is 2.13. The van der Waals surface area contributed by atoms with E-state index in [2.05, 4.69) is 21.6 Å². The Morgan fingerprint density at radius 1 is 1.16 bits per heavy atom. The highest BCUT2D eigenvalue weighted by atomic mass is 35.5. The van der Waals surface area contributed by atoms with E-state index >= 15 is 0 Å². The first-order chi connectivity index (χ1) is 14.8. The summed E-state index contributed by atoms with van der Waals surface area (Å²) in [6, 6.07) is 13.6. The molecule has 0 saturated heterocycles. The van der Waals surface area contributed by atoms with Crippen molar-refractivity contribution >= 4 is 44.6 Å². The zero-order valence-corrected chi connectivity index (χ0v) is 18.8. The minimum Gasteiger partial charge on any atom is -0.486 e. The lowest BCUT2D eigenvalue weighted by atomic mass is 10.2. The van der Waals surface area contributed by atoms with Gasteiger partial charge in [0.2, 0.25) is 10.0 Å². The Morgan fingerprint density at radius 3 is 2.55 bits per heavy atom. The van der Waals surface area contributed by atoms with E-state index in [-0.39, 0.29) is 30.5 Å². The lowest BCUT2D eigenvalue weighted by molar-refractivity contribution is 0.102. The van der Waals surface area contributed by atoms with Gasteiger partial charge in [0.25, 0.3) is 5.91 Å². The molecule has 1 amide bonds. The van der Waals surface area contributed by atoms with Crippen molar-refractivity contribution < 1.29 is 17.9 Å². The molecule has 0 fully saturated rings. The van der Waals surface area contributed by atoms with Crippen LogP contribution in [0.3, 0.4) is 0 Å². The maximum atomic E-state index is 12.4. The van der Waals surface area contributed by atoms with Crippen molar-refractivity contribution in [1.29, 1.82) is 0 Å². The van der Waals surface area contributed by atoms with Crippen LogP contribution in [0.15, 0.2) is 66.6 Å². The summed E-state index contributed by atoms with van der Waals surface area (Å²) in [5, 5.41) is 5.69. The van der Waals surface area contributed by atoms with E-state index in [4.69, 9.17) is 16.3 Å². The van der Waals surface area contributed by atoms with Gasteiger partial charge in [0.1, 0.15) is 23.1 Å². The molecule has 0 bridgehead atoms. The smallest absolute Gasteiger partial charge is 0.275 e. The quantitative estimate of drug-likeness (QED) is 0.426. The number of benzene rings is 2. The second kappa shape index (κ2) is 10.5. The number of rotatable bonds is 10. The number of nitrogens with one attached hydrogen (secondary N) is 2. The number of sulfonamides is 1.